The SMILES string of the molecule is CCc1nnc2n1C[C@@H](CNCc1cnc(N3CCCC3)nc1)CC2. The minimum absolute atomic E-state index is 0.638. The van der Waals surface area contributed by atoms with Crippen LogP contribution in [0.4, 0.5) is 5.95 Å². The molecule has 1 atom stereocenters. The number of hydrogen-bond donors (Lipinski definition) is 1. The van der Waals surface area contributed by atoms with Crippen molar-refractivity contribution in [2.24, 2.45) is 5.92 Å². The van der Waals surface area contributed by atoms with Gasteiger partial charge in [-0.25, -0.2) is 9.97 Å². The van der Waals surface area contributed by atoms with E-state index in [-0.39, 0.29) is 0 Å². The van der Waals surface area contributed by atoms with Crippen molar-refractivity contribution < 1.29 is 0 Å². The number of anilines is 1. The van der Waals surface area contributed by atoms with Gasteiger partial charge in [0.25, 0.3) is 0 Å². The number of nitrogens with zero attached hydrogens (tertiary/aromatic N) is 6. The zero-order valence-corrected chi connectivity index (χ0v) is 15.0. The molecule has 0 radical (unpaired) electrons. The lowest BCUT2D eigenvalue weighted by Gasteiger charge is -2.24. The van der Waals surface area contributed by atoms with Crippen LogP contribution in [0.1, 0.15) is 43.4 Å². The predicted octanol–water partition coefficient (Wildman–Crippen LogP) is 1.58. The highest BCUT2D eigenvalue weighted by Crippen LogP contribution is 2.20. The van der Waals surface area contributed by atoms with Crippen molar-refractivity contribution in [3.63, 3.8) is 0 Å². The van der Waals surface area contributed by atoms with Gasteiger partial charge in [-0.1, -0.05) is 6.92 Å². The maximum absolute atomic E-state index is 4.53. The molecule has 4 rings (SSSR count). The van der Waals surface area contributed by atoms with Crippen LogP contribution >= 0.6 is 0 Å². The first-order valence-corrected chi connectivity index (χ1v) is 9.51. The lowest BCUT2D eigenvalue weighted by Crippen LogP contribution is -2.30. The van der Waals surface area contributed by atoms with E-state index in [1.54, 1.807) is 0 Å². The number of hydrogen-bond acceptors (Lipinski definition) is 6. The molecule has 0 bridgehead atoms. The Labute approximate surface area is 148 Å². The summed E-state index contributed by atoms with van der Waals surface area (Å²) in [4.78, 5) is 11.3. The molecule has 7 nitrogen and oxygen atoms in total. The van der Waals surface area contributed by atoms with Gasteiger partial charge in [-0.3, -0.25) is 0 Å². The van der Waals surface area contributed by atoms with E-state index in [9.17, 15) is 0 Å². The van der Waals surface area contributed by atoms with Crippen molar-refractivity contribution in [2.45, 2.75) is 52.1 Å². The minimum atomic E-state index is 0.638. The monoisotopic (exact) mass is 341 g/mol. The Morgan fingerprint density at radius 1 is 1.16 bits per heavy atom. The molecule has 1 saturated heterocycles. The van der Waals surface area contributed by atoms with Gasteiger partial charge in [-0.2, -0.15) is 0 Å². The van der Waals surface area contributed by atoms with Crippen molar-refractivity contribution in [3.05, 3.63) is 29.6 Å². The van der Waals surface area contributed by atoms with E-state index in [0.29, 0.717) is 5.92 Å². The van der Waals surface area contributed by atoms with Crippen LogP contribution in [-0.2, 0) is 25.9 Å². The summed E-state index contributed by atoms with van der Waals surface area (Å²) in [7, 11) is 0. The van der Waals surface area contributed by atoms with Gasteiger partial charge in [0, 0.05) is 57.0 Å². The lowest BCUT2D eigenvalue weighted by atomic mass is 9.99. The third-order valence-electron chi connectivity index (χ3n) is 5.28. The largest absolute Gasteiger partial charge is 0.341 e. The van der Waals surface area contributed by atoms with Gasteiger partial charge in [0.05, 0.1) is 0 Å². The first-order valence-electron chi connectivity index (χ1n) is 9.51. The Balaban J connectivity index is 1.26. The summed E-state index contributed by atoms with van der Waals surface area (Å²) < 4.78 is 2.31. The van der Waals surface area contributed by atoms with E-state index in [1.165, 1.54) is 19.3 Å². The van der Waals surface area contributed by atoms with Gasteiger partial charge in [0.2, 0.25) is 5.95 Å². The molecule has 0 spiro atoms. The summed E-state index contributed by atoms with van der Waals surface area (Å²) in [6, 6.07) is 0. The molecule has 4 heterocycles. The minimum Gasteiger partial charge on any atom is -0.341 e. The molecule has 1 fully saturated rings. The summed E-state index contributed by atoms with van der Waals surface area (Å²) in [5, 5.41) is 12.2. The van der Waals surface area contributed by atoms with Crippen LogP contribution in [0.2, 0.25) is 0 Å². The quantitative estimate of drug-likeness (QED) is 0.860. The Hall–Kier alpha value is -2.02. The van der Waals surface area contributed by atoms with Gasteiger partial charge in [-0.05, 0) is 31.7 Å². The molecule has 0 aromatic carbocycles. The molecular formula is C18H27N7. The van der Waals surface area contributed by atoms with E-state index in [4.69, 9.17) is 0 Å². The first kappa shape index (κ1) is 16.4. The third kappa shape index (κ3) is 3.66. The fourth-order valence-electron chi connectivity index (χ4n) is 3.82. The molecule has 0 saturated carbocycles. The highest BCUT2D eigenvalue weighted by Gasteiger charge is 2.22. The zero-order chi connectivity index (χ0) is 17.1. The summed E-state index contributed by atoms with van der Waals surface area (Å²) in [6.07, 6.45) is 9.59. The molecule has 2 aliphatic heterocycles. The van der Waals surface area contributed by atoms with Gasteiger partial charge in [0.1, 0.15) is 11.6 Å². The van der Waals surface area contributed by atoms with Crippen LogP contribution in [0.5, 0.6) is 0 Å². The van der Waals surface area contributed by atoms with Crippen LogP contribution in [0.15, 0.2) is 12.4 Å². The Bertz CT molecular complexity index is 674. The van der Waals surface area contributed by atoms with E-state index in [0.717, 1.165) is 68.7 Å². The first-order chi connectivity index (χ1) is 12.3. The van der Waals surface area contributed by atoms with Gasteiger partial charge in [-0.15, -0.1) is 10.2 Å². The topological polar surface area (TPSA) is 71.8 Å². The Kier molecular flexibility index (Phi) is 4.92. The lowest BCUT2D eigenvalue weighted by molar-refractivity contribution is 0.342. The van der Waals surface area contributed by atoms with Crippen molar-refractivity contribution in [3.8, 4) is 0 Å². The number of rotatable bonds is 6. The normalized spacial score (nSPS) is 20.0. The van der Waals surface area contributed by atoms with E-state index >= 15 is 0 Å². The standard InChI is InChI=1S/C18H27N7/c1-2-16-22-23-17-6-5-14(13-25(16)17)9-19-10-15-11-20-18(21-12-15)24-7-3-4-8-24/h11-12,14,19H,2-10,13H2,1H3/t14-/m1/s1. The highest BCUT2D eigenvalue weighted by molar-refractivity contribution is 5.30. The molecule has 7 heteroatoms. The smallest absolute Gasteiger partial charge is 0.225 e. The van der Waals surface area contributed by atoms with Crippen LogP contribution in [0.25, 0.3) is 0 Å². The number of fused-ring (bicyclic) bond motifs is 1. The summed E-state index contributed by atoms with van der Waals surface area (Å²) in [5.74, 6) is 3.78. The predicted molar refractivity (Wildman–Crippen MR) is 96.4 cm³/mol. The number of aryl methyl sites for hydroxylation is 2. The van der Waals surface area contributed by atoms with Crippen molar-refractivity contribution in [1.29, 1.82) is 0 Å². The average Bonchev–Trinajstić information content (AvgIpc) is 3.32. The van der Waals surface area contributed by atoms with E-state index in [2.05, 4.69) is 41.9 Å². The molecule has 2 aromatic heterocycles. The van der Waals surface area contributed by atoms with Crippen LogP contribution < -0.4 is 10.2 Å². The summed E-state index contributed by atoms with van der Waals surface area (Å²) in [5.41, 5.74) is 1.15. The maximum Gasteiger partial charge on any atom is 0.225 e. The van der Waals surface area contributed by atoms with Gasteiger partial charge >= 0.3 is 0 Å². The molecule has 0 aliphatic carbocycles. The van der Waals surface area contributed by atoms with Crippen LogP contribution in [0, 0.1) is 5.92 Å². The molecule has 0 unspecified atom stereocenters. The molecule has 2 aromatic rings. The molecule has 134 valence electrons. The highest BCUT2D eigenvalue weighted by atomic mass is 15.3. The second-order valence-electron chi connectivity index (χ2n) is 7.12. The second kappa shape index (κ2) is 7.47. The van der Waals surface area contributed by atoms with Crippen molar-refractivity contribution in [2.75, 3.05) is 24.5 Å². The fraction of sp³-hybridized carbons (Fsp3) is 0.667. The molecule has 25 heavy (non-hydrogen) atoms. The second-order valence-corrected chi connectivity index (χ2v) is 7.12. The summed E-state index contributed by atoms with van der Waals surface area (Å²) >= 11 is 0. The van der Waals surface area contributed by atoms with Crippen molar-refractivity contribution in [1.82, 2.24) is 30.0 Å². The third-order valence-corrected chi connectivity index (χ3v) is 5.28. The van der Waals surface area contributed by atoms with E-state index < -0.39 is 0 Å². The van der Waals surface area contributed by atoms with Crippen molar-refractivity contribution >= 4 is 5.95 Å². The summed E-state index contributed by atoms with van der Waals surface area (Å²) in [6.45, 7) is 7.18. The van der Waals surface area contributed by atoms with Crippen LogP contribution in [0.3, 0.4) is 0 Å². The number of nitrogens with one attached hydrogen (secondary N) is 1. The average molecular weight is 341 g/mol. The van der Waals surface area contributed by atoms with Gasteiger partial charge < -0.3 is 14.8 Å². The Morgan fingerprint density at radius 2 is 1.96 bits per heavy atom. The number of aromatic nitrogens is 5. The fourth-order valence-corrected chi connectivity index (χ4v) is 3.82. The molecule has 0 amide bonds. The molecule has 2 aliphatic rings. The van der Waals surface area contributed by atoms with Crippen LogP contribution in [-0.4, -0.2) is 44.4 Å². The molecule has 1 N–H and O–H groups in total. The Morgan fingerprint density at radius 3 is 2.72 bits per heavy atom. The van der Waals surface area contributed by atoms with E-state index in [1.807, 2.05) is 12.4 Å². The zero-order valence-electron chi connectivity index (χ0n) is 15.0. The van der Waals surface area contributed by atoms with Gasteiger partial charge in [0.15, 0.2) is 0 Å². The molecular weight excluding hydrogens is 314 g/mol. The maximum atomic E-state index is 4.53.